The van der Waals surface area contributed by atoms with E-state index >= 15 is 0 Å². The van der Waals surface area contributed by atoms with Crippen LogP contribution in [0.4, 0.5) is 0 Å². The maximum absolute atomic E-state index is 10.9. The smallest absolute Gasteiger partial charge is 0.276 e. The number of rotatable bonds is 2. The molecule has 1 fully saturated rings. The Hall–Kier alpha value is 0.120. The van der Waals surface area contributed by atoms with Gasteiger partial charge in [0.15, 0.2) is 0 Å². The van der Waals surface area contributed by atoms with Gasteiger partial charge in [0.1, 0.15) is 0 Å². The Morgan fingerprint density at radius 2 is 1.77 bits per heavy atom. The summed E-state index contributed by atoms with van der Waals surface area (Å²) < 4.78 is 23.0. The van der Waals surface area contributed by atoms with Gasteiger partial charge >= 0.3 is 0 Å². The molecule has 4 N–H and O–H groups in total. The number of hydrogen-bond acceptors (Lipinski definition) is 3. The third kappa shape index (κ3) is 3.78. The van der Waals surface area contributed by atoms with Gasteiger partial charge in [-0.25, -0.2) is 5.14 Å². The summed E-state index contributed by atoms with van der Waals surface area (Å²) >= 11 is 0. The van der Waals surface area contributed by atoms with E-state index in [2.05, 4.69) is 0 Å². The Kier molecular flexibility index (Phi) is 5.16. The van der Waals surface area contributed by atoms with Crippen LogP contribution in [0.25, 0.3) is 0 Å². The fraction of sp³-hybridized carbons (Fsp3) is 1.00. The Labute approximate surface area is 85.0 Å². The van der Waals surface area contributed by atoms with Crippen LogP contribution in [0.1, 0.15) is 12.8 Å². The fourth-order valence-electron chi connectivity index (χ4n) is 1.40. The molecule has 1 rings (SSSR count). The third-order valence-electron chi connectivity index (χ3n) is 2.27. The van der Waals surface area contributed by atoms with E-state index in [0.29, 0.717) is 25.6 Å². The van der Waals surface area contributed by atoms with Gasteiger partial charge in [-0.1, -0.05) is 0 Å². The van der Waals surface area contributed by atoms with Gasteiger partial charge in [0.25, 0.3) is 10.2 Å². The molecule has 7 heteroatoms. The van der Waals surface area contributed by atoms with Crippen molar-refractivity contribution in [2.24, 2.45) is 16.8 Å². The van der Waals surface area contributed by atoms with Gasteiger partial charge in [-0.2, -0.15) is 12.7 Å². The SMILES string of the molecule is Cl.NCC1CCN(S(N)(=O)=O)CC1. The van der Waals surface area contributed by atoms with Crippen molar-refractivity contribution >= 4 is 22.6 Å². The zero-order valence-electron chi connectivity index (χ0n) is 7.35. The van der Waals surface area contributed by atoms with Crippen molar-refractivity contribution in [3.63, 3.8) is 0 Å². The van der Waals surface area contributed by atoms with Crippen LogP contribution in [0.15, 0.2) is 0 Å². The monoisotopic (exact) mass is 229 g/mol. The average Bonchev–Trinajstić information content (AvgIpc) is 2.03. The van der Waals surface area contributed by atoms with Crippen LogP contribution in [0.2, 0.25) is 0 Å². The van der Waals surface area contributed by atoms with Gasteiger partial charge < -0.3 is 5.73 Å². The lowest BCUT2D eigenvalue weighted by atomic mass is 9.99. The lowest BCUT2D eigenvalue weighted by molar-refractivity contribution is 0.278. The van der Waals surface area contributed by atoms with Gasteiger partial charge in [-0.15, -0.1) is 12.4 Å². The molecule has 1 heterocycles. The summed E-state index contributed by atoms with van der Waals surface area (Å²) in [6, 6.07) is 0. The van der Waals surface area contributed by atoms with Gasteiger partial charge in [0.05, 0.1) is 0 Å². The molecule has 0 aromatic carbocycles. The lowest BCUT2D eigenvalue weighted by Gasteiger charge is -2.28. The minimum absolute atomic E-state index is 0. The highest BCUT2D eigenvalue weighted by atomic mass is 35.5. The second kappa shape index (κ2) is 5.11. The van der Waals surface area contributed by atoms with Crippen LogP contribution in [-0.2, 0) is 10.2 Å². The number of nitrogens with two attached hydrogens (primary N) is 2. The molecule has 5 nitrogen and oxygen atoms in total. The zero-order chi connectivity index (χ0) is 9.19. The highest BCUT2D eigenvalue weighted by molar-refractivity contribution is 7.86. The van der Waals surface area contributed by atoms with Crippen LogP contribution in [0, 0.1) is 5.92 Å². The Morgan fingerprint density at radius 3 is 2.08 bits per heavy atom. The molecular weight excluding hydrogens is 214 g/mol. The Balaban J connectivity index is 0.00000144. The molecular formula is C6H16ClN3O2S. The molecule has 0 amide bonds. The molecule has 1 aliphatic rings. The first-order valence-electron chi connectivity index (χ1n) is 4.02. The summed E-state index contributed by atoms with van der Waals surface area (Å²) in [6.07, 6.45) is 1.65. The van der Waals surface area contributed by atoms with E-state index in [1.165, 1.54) is 4.31 Å². The number of piperidine rings is 1. The van der Waals surface area contributed by atoms with Crippen LogP contribution in [-0.4, -0.2) is 32.4 Å². The largest absolute Gasteiger partial charge is 0.330 e. The fourth-order valence-corrected chi connectivity index (χ4v) is 2.12. The molecule has 1 aliphatic heterocycles. The van der Waals surface area contributed by atoms with E-state index < -0.39 is 10.2 Å². The van der Waals surface area contributed by atoms with Crippen LogP contribution < -0.4 is 10.9 Å². The predicted molar refractivity (Wildman–Crippen MR) is 53.7 cm³/mol. The first-order valence-corrected chi connectivity index (χ1v) is 5.52. The van der Waals surface area contributed by atoms with Crippen molar-refractivity contribution in [2.75, 3.05) is 19.6 Å². The summed E-state index contributed by atoms with van der Waals surface area (Å²) in [5.41, 5.74) is 5.46. The van der Waals surface area contributed by atoms with Gasteiger partial charge in [0.2, 0.25) is 0 Å². The molecule has 0 unspecified atom stereocenters. The lowest BCUT2D eigenvalue weighted by Crippen LogP contribution is -2.43. The molecule has 0 saturated carbocycles. The van der Waals surface area contributed by atoms with Crippen molar-refractivity contribution in [3.05, 3.63) is 0 Å². The van der Waals surface area contributed by atoms with Gasteiger partial charge in [-0.3, -0.25) is 0 Å². The molecule has 0 radical (unpaired) electrons. The van der Waals surface area contributed by atoms with E-state index in [4.69, 9.17) is 10.9 Å². The second-order valence-corrected chi connectivity index (χ2v) is 4.67. The van der Waals surface area contributed by atoms with E-state index in [9.17, 15) is 8.42 Å². The third-order valence-corrected chi connectivity index (χ3v) is 3.35. The Bertz CT molecular complexity index is 236. The topological polar surface area (TPSA) is 89.4 Å². The maximum Gasteiger partial charge on any atom is 0.276 e. The first-order chi connectivity index (χ1) is 5.54. The summed E-state index contributed by atoms with van der Waals surface area (Å²) in [4.78, 5) is 0. The van der Waals surface area contributed by atoms with Gasteiger partial charge in [0, 0.05) is 13.1 Å². The van der Waals surface area contributed by atoms with Crippen LogP contribution in [0.3, 0.4) is 0 Å². The minimum Gasteiger partial charge on any atom is -0.330 e. The number of hydrogen-bond donors (Lipinski definition) is 2. The van der Waals surface area contributed by atoms with Crippen molar-refractivity contribution in [1.29, 1.82) is 0 Å². The standard InChI is InChI=1S/C6H15N3O2S.ClH/c7-5-6-1-3-9(4-2-6)12(8,10)11;/h6H,1-5,7H2,(H2,8,10,11);1H. The van der Waals surface area contributed by atoms with Crippen molar-refractivity contribution in [2.45, 2.75) is 12.8 Å². The highest BCUT2D eigenvalue weighted by Crippen LogP contribution is 2.16. The van der Waals surface area contributed by atoms with Crippen molar-refractivity contribution in [1.82, 2.24) is 4.31 Å². The predicted octanol–water partition coefficient (Wildman–Crippen LogP) is -0.718. The molecule has 0 aromatic rings. The zero-order valence-corrected chi connectivity index (χ0v) is 8.98. The molecule has 80 valence electrons. The van der Waals surface area contributed by atoms with E-state index in [-0.39, 0.29) is 12.4 Å². The quantitative estimate of drug-likeness (QED) is 0.655. The highest BCUT2D eigenvalue weighted by Gasteiger charge is 2.24. The molecule has 1 saturated heterocycles. The van der Waals surface area contributed by atoms with Crippen LogP contribution in [0.5, 0.6) is 0 Å². The summed E-state index contributed by atoms with van der Waals surface area (Å²) in [5.74, 6) is 0.461. The molecule has 0 atom stereocenters. The minimum atomic E-state index is -3.47. The maximum atomic E-state index is 10.9. The van der Waals surface area contributed by atoms with Crippen LogP contribution >= 0.6 is 12.4 Å². The summed E-state index contributed by atoms with van der Waals surface area (Å²) in [6.45, 7) is 1.67. The van der Waals surface area contributed by atoms with E-state index in [1.807, 2.05) is 0 Å². The molecule has 0 aliphatic carbocycles. The van der Waals surface area contributed by atoms with E-state index in [0.717, 1.165) is 12.8 Å². The van der Waals surface area contributed by atoms with Crippen molar-refractivity contribution in [3.8, 4) is 0 Å². The first kappa shape index (κ1) is 13.1. The molecule has 13 heavy (non-hydrogen) atoms. The second-order valence-electron chi connectivity index (χ2n) is 3.12. The number of nitrogens with zero attached hydrogens (tertiary/aromatic N) is 1. The number of halogens is 1. The normalized spacial score (nSPS) is 21.1. The molecule has 0 bridgehead atoms. The van der Waals surface area contributed by atoms with E-state index in [1.54, 1.807) is 0 Å². The summed E-state index contributed by atoms with van der Waals surface area (Å²) in [5, 5.41) is 4.96. The van der Waals surface area contributed by atoms with Crippen molar-refractivity contribution < 1.29 is 8.42 Å². The Morgan fingerprint density at radius 1 is 1.31 bits per heavy atom. The summed E-state index contributed by atoms with van der Waals surface area (Å²) in [7, 11) is -3.47. The van der Waals surface area contributed by atoms with Gasteiger partial charge in [-0.05, 0) is 25.3 Å². The average molecular weight is 230 g/mol. The molecule has 0 spiro atoms. The molecule has 0 aromatic heterocycles.